The SMILES string of the molecule is COc1ccc(Cl)cc1NC(=O)CN(C)C(=O)c1cccc(C)c1. The third-order valence-electron chi connectivity index (χ3n) is 3.43. The zero-order valence-corrected chi connectivity index (χ0v) is 14.6. The van der Waals surface area contributed by atoms with Gasteiger partial charge in [0.25, 0.3) is 5.91 Å². The minimum Gasteiger partial charge on any atom is -0.495 e. The fourth-order valence-corrected chi connectivity index (χ4v) is 2.43. The number of anilines is 1. The van der Waals surface area contributed by atoms with E-state index in [1.807, 2.05) is 19.1 Å². The molecule has 0 aromatic heterocycles. The van der Waals surface area contributed by atoms with Crippen LogP contribution in [-0.4, -0.2) is 37.4 Å². The molecule has 0 unspecified atom stereocenters. The maximum atomic E-state index is 12.4. The van der Waals surface area contributed by atoms with Gasteiger partial charge >= 0.3 is 0 Å². The molecule has 0 heterocycles. The van der Waals surface area contributed by atoms with Gasteiger partial charge in [-0.25, -0.2) is 0 Å². The first-order valence-corrected chi connectivity index (χ1v) is 7.74. The summed E-state index contributed by atoms with van der Waals surface area (Å²) in [5.41, 5.74) is 2.00. The van der Waals surface area contributed by atoms with Crippen molar-refractivity contribution in [3.05, 3.63) is 58.6 Å². The van der Waals surface area contributed by atoms with Crippen molar-refractivity contribution in [2.24, 2.45) is 0 Å². The molecule has 0 saturated heterocycles. The molecule has 2 aromatic rings. The molecule has 2 rings (SSSR count). The maximum Gasteiger partial charge on any atom is 0.254 e. The van der Waals surface area contributed by atoms with Gasteiger partial charge in [0.1, 0.15) is 5.75 Å². The molecule has 1 N–H and O–H groups in total. The van der Waals surface area contributed by atoms with E-state index in [0.29, 0.717) is 22.0 Å². The second-order valence-corrected chi connectivity index (χ2v) is 5.86. The molecule has 0 saturated carbocycles. The standard InChI is InChI=1S/C18H19ClN2O3/c1-12-5-4-6-13(9-12)18(23)21(2)11-17(22)20-15-10-14(19)7-8-16(15)24-3/h4-10H,11H2,1-3H3,(H,20,22). The Balaban J connectivity index is 2.04. The van der Waals surface area contributed by atoms with Crippen LogP contribution in [0.4, 0.5) is 5.69 Å². The summed E-state index contributed by atoms with van der Waals surface area (Å²) < 4.78 is 5.18. The Kier molecular flexibility index (Phi) is 5.82. The molecule has 0 aliphatic heterocycles. The van der Waals surface area contributed by atoms with Crippen molar-refractivity contribution in [3.63, 3.8) is 0 Å². The summed E-state index contributed by atoms with van der Waals surface area (Å²) in [6.45, 7) is 1.83. The second-order valence-electron chi connectivity index (χ2n) is 5.42. The number of aryl methyl sites for hydroxylation is 1. The highest BCUT2D eigenvalue weighted by molar-refractivity contribution is 6.31. The summed E-state index contributed by atoms with van der Waals surface area (Å²) in [6, 6.07) is 12.2. The Morgan fingerprint density at radius 1 is 1.21 bits per heavy atom. The quantitative estimate of drug-likeness (QED) is 0.903. The van der Waals surface area contributed by atoms with Crippen LogP contribution in [0.1, 0.15) is 15.9 Å². The number of methoxy groups -OCH3 is 1. The molecule has 24 heavy (non-hydrogen) atoms. The molecule has 0 radical (unpaired) electrons. The van der Waals surface area contributed by atoms with Crippen LogP contribution < -0.4 is 10.1 Å². The van der Waals surface area contributed by atoms with Crippen molar-refractivity contribution >= 4 is 29.1 Å². The van der Waals surface area contributed by atoms with Crippen LogP contribution in [0.5, 0.6) is 5.75 Å². The first-order valence-electron chi connectivity index (χ1n) is 7.36. The van der Waals surface area contributed by atoms with Crippen LogP contribution in [0.2, 0.25) is 5.02 Å². The number of hydrogen-bond donors (Lipinski definition) is 1. The predicted molar refractivity (Wildman–Crippen MR) is 94.8 cm³/mol. The van der Waals surface area contributed by atoms with Gasteiger partial charge in [-0.2, -0.15) is 0 Å². The molecular formula is C18H19ClN2O3. The molecule has 2 amide bonds. The Bertz CT molecular complexity index is 762. The Morgan fingerprint density at radius 3 is 2.62 bits per heavy atom. The van der Waals surface area contributed by atoms with Gasteiger partial charge in [-0.1, -0.05) is 29.3 Å². The van der Waals surface area contributed by atoms with Crippen LogP contribution in [0.25, 0.3) is 0 Å². The number of nitrogens with zero attached hydrogens (tertiary/aromatic N) is 1. The summed E-state index contributed by atoms with van der Waals surface area (Å²) in [6.07, 6.45) is 0. The van der Waals surface area contributed by atoms with Crippen molar-refractivity contribution in [2.45, 2.75) is 6.92 Å². The fourth-order valence-electron chi connectivity index (χ4n) is 2.25. The van der Waals surface area contributed by atoms with E-state index in [4.69, 9.17) is 16.3 Å². The van der Waals surface area contributed by atoms with E-state index in [9.17, 15) is 9.59 Å². The van der Waals surface area contributed by atoms with Crippen molar-refractivity contribution in [1.29, 1.82) is 0 Å². The Hall–Kier alpha value is -2.53. The van der Waals surface area contributed by atoms with Crippen LogP contribution in [-0.2, 0) is 4.79 Å². The summed E-state index contributed by atoms with van der Waals surface area (Å²) in [4.78, 5) is 25.9. The second kappa shape index (κ2) is 7.84. The van der Waals surface area contributed by atoms with E-state index in [0.717, 1.165) is 5.56 Å². The normalized spacial score (nSPS) is 10.2. The molecule has 0 aliphatic rings. The first-order chi connectivity index (χ1) is 11.4. The number of nitrogens with one attached hydrogen (secondary N) is 1. The lowest BCUT2D eigenvalue weighted by molar-refractivity contribution is -0.116. The number of amides is 2. The molecule has 0 spiro atoms. The zero-order chi connectivity index (χ0) is 17.7. The van der Waals surface area contributed by atoms with Crippen molar-refractivity contribution in [2.75, 3.05) is 26.0 Å². The van der Waals surface area contributed by atoms with Gasteiger partial charge < -0.3 is 15.0 Å². The van der Waals surface area contributed by atoms with Crippen LogP contribution in [0.3, 0.4) is 0 Å². The summed E-state index contributed by atoms with van der Waals surface area (Å²) >= 11 is 5.94. The molecule has 0 fully saturated rings. The summed E-state index contributed by atoms with van der Waals surface area (Å²) in [5.74, 6) is -0.0496. The Labute approximate surface area is 146 Å². The van der Waals surface area contributed by atoms with E-state index < -0.39 is 0 Å². The smallest absolute Gasteiger partial charge is 0.254 e. The first kappa shape index (κ1) is 17.8. The number of benzene rings is 2. The largest absolute Gasteiger partial charge is 0.495 e. The van der Waals surface area contributed by atoms with Gasteiger partial charge in [0.05, 0.1) is 19.3 Å². The minimum absolute atomic E-state index is 0.0809. The Morgan fingerprint density at radius 2 is 1.96 bits per heavy atom. The highest BCUT2D eigenvalue weighted by Crippen LogP contribution is 2.27. The minimum atomic E-state index is -0.334. The molecule has 5 nitrogen and oxygen atoms in total. The number of rotatable bonds is 5. The van der Waals surface area contributed by atoms with Gasteiger partial charge in [0.2, 0.25) is 5.91 Å². The fraction of sp³-hybridized carbons (Fsp3) is 0.222. The number of halogens is 1. The highest BCUT2D eigenvalue weighted by Gasteiger charge is 2.16. The predicted octanol–water partition coefficient (Wildman–Crippen LogP) is 3.37. The monoisotopic (exact) mass is 346 g/mol. The molecule has 0 bridgehead atoms. The number of ether oxygens (including phenoxy) is 1. The van der Waals surface area contributed by atoms with Gasteiger partial charge in [-0.05, 0) is 37.3 Å². The van der Waals surface area contributed by atoms with Crippen LogP contribution in [0.15, 0.2) is 42.5 Å². The average molecular weight is 347 g/mol. The van der Waals surface area contributed by atoms with E-state index in [2.05, 4.69) is 5.32 Å². The van der Waals surface area contributed by atoms with Crippen molar-refractivity contribution in [1.82, 2.24) is 4.90 Å². The maximum absolute atomic E-state index is 12.4. The number of likely N-dealkylation sites (N-methyl/N-ethyl adjacent to an activating group) is 1. The topological polar surface area (TPSA) is 58.6 Å². The van der Waals surface area contributed by atoms with E-state index in [1.54, 1.807) is 37.4 Å². The number of carbonyl (C=O) groups excluding carboxylic acids is 2. The van der Waals surface area contributed by atoms with Gasteiger partial charge in [-0.3, -0.25) is 9.59 Å². The molecule has 126 valence electrons. The van der Waals surface area contributed by atoms with E-state index >= 15 is 0 Å². The number of carbonyl (C=O) groups is 2. The van der Waals surface area contributed by atoms with E-state index in [-0.39, 0.29) is 18.4 Å². The molecule has 2 aromatic carbocycles. The third-order valence-corrected chi connectivity index (χ3v) is 3.66. The molecule has 6 heteroatoms. The lowest BCUT2D eigenvalue weighted by Gasteiger charge is -2.18. The van der Waals surface area contributed by atoms with Gasteiger partial charge in [0.15, 0.2) is 0 Å². The zero-order valence-electron chi connectivity index (χ0n) is 13.8. The van der Waals surface area contributed by atoms with Crippen LogP contribution in [0, 0.1) is 6.92 Å². The van der Waals surface area contributed by atoms with Crippen molar-refractivity contribution in [3.8, 4) is 5.75 Å². The molecular weight excluding hydrogens is 328 g/mol. The highest BCUT2D eigenvalue weighted by atomic mass is 35.5. The lowest BCUT2D eigenvalue weighted by atomic mass is 10.1. The van der Waals surface area contributed by atoms with Crippen LogP contribution >= 0.6 is 11.6 Å². The van der Waals surface area contributed by atoms with Gasteiger partial charge in [-0.15, -0.1) is 0 Å². The summed E-state index contributed by atoms with van der Waals surface area (Å²) in [5, 5.41) is 3.19. The summed E-state index contributed by atoms with van der Waals surface area (Å²) in [7, 11) is 3.09. The molecule has 0 atom stereocenters. The third kappa shape index (κ3) is 4.49. The van der Waals surface area contributed by atoms with Crippen molar-refractivity contribution < 1.29 is 14.3 Å². The lowest BCUT2D eigenvalue weighted by Crippen LogP contribution is -2.35. The molecule has 0 aliphatic carbocycles. The number of hydrogen-bond acceptors (Lipinski definition) is 3. The van der Waals surface area contributed by atoms with Gasteiger partial charge in [0, 0.05) is 17.6 Å². The van der Waals surface area contributed by atoms with E-state index in [1.165, 1.54) is 12.0 Å². The average Bonchev–Trinajstić information content (AvgIpc) is 2.54.